The van der Waals surface area contributed by atoms with Crippen molar-refractivity contribution in [3.05, 3.63) is 82.3 Å². The molecule has 0 aliphatic carbocycles. The molecule has 0 atom stereocenters. The Kier molecular flexibility index (Phi) is 4.77. The second-order valence-electron chi connectivity index (χ2n) is 5.69. The summed E-state index contributed by atoms with van der Waals surface area (Å²) in [7, 11) is 1.86. The minimum absolute atomic E-state index is 0.129. The van der Waals surface area contributed by atoms with Crippen LogP contribution in [0.5, 0.6) is 0 Å². The molecule has 0 fully saturated rings. The van der Waals surface area contributed by atoms with Gasteiger partial charge in [-0.15, -0.1) is 0 Å². The Balaban J connectivity index is 1.74. The molecule has 1 amide bonds. The van der Waals surface area contributed by atoms with E-state index in [0.29, 0.717) is 13.0 Å². The summed E-state index contributed by atoms with van der Waals surface area (Å²) in [6, 6.07) is 22.4. The molecule has 0 aromatic heterocycles. The Labute approximate surface area is 144 Å². The van der Waals surface area contributed by atoms with Crippen molar-refractivity contribution in [3.63, 3.8) is 0 Å². The molecule has 3 aromatic carbocycles. The highest BCUT2D eigenvalue weighted by molar-refractivity contribution is 9.10. The summed E-state index contributed by atoms with van der Waals surface area (Å²) in [5, 5.41) is 2.33. The number of carbonyl (C=O) groups is 1. The van der Waals surface area contributed by atoms with Crippen molar-refractivity contribution in [1.82, 2.24) is 4.90 Å². The van der Waals surface area contributed by atoms with Crippen LogP contribution in [0.15, 0.2) is 71.2 Å². The molecule has 0 saturated carbocycles. The molecule has 3 heteroatoms. The van der Waals surface area contributed by atoms with E-state index < -0.39 is 0 Å². The first-order chi connectivity index (χ1) is 11.1. The normalized spacial score (nSPS) is 10.7. The van der Waals surface area contributed by atoms with E-state index in [1.807, 2.05) is 55.6 Å². The van der Waals surface area contributed by atoms with Crippen molar-refractivity contribution in [2.45, 2.75) is 13.0 Å². The van der Waals surface area contributed by atoms with Crippen molar-refractivity contribution in [2.24, 2.45) is 0 Å². The first-order valence-corrected chi connectivity index (χ1v) is 8.38. The van der Waals surface area contributed by atoms with Gasteiger partial charge in [-0.1, -0.05) is 70.5 Å². The summed E-state index contributed by atoms with van der Waals surface area (Å²) in [4.78, 5) is 14.3. The van der Waals surface area contributed by atoms with Gasteiger partial charge in [0.2, 0.25) is 5.91 Å². The van der Waals surface area contributed by atoms with E-state index in [2.05, 4.69) is 34.1 Å². The van der Waals surface area contributed by atoms with E-state index in [4.69, 9.17) is 0 Å². The lowest BCUT2D eigenvalue weighted by atomic mass is 10.0. The van der Waals surface area contributed by atoms with E-state index in [0.717, 1.165) is 21.0 Å². The molecule has 0 N–H and O–H groups in total. The lowest BCUT2D eigenvalue weighted by Crippen LogP contribution is -2.27. The zero-order valence-electron chi connectivity index (χ0n) is 13.0. The maximum Gasteiger partial charge on any atom is 0.227 e. The van der Waals surface area contributed by atoms with Gasteiger partial charge in [-0.25, -0.2) is 0 Å². The molecule has 0 radical (unpaired) electrons. The molecule has 2 nitrogen and oxygen atoms in total. The van der Waals surface area contributed by atoms with E-state index in [9.17, 15) is 4.79 Å². The number of rotatable bonds is 4. The van der Waals surface area contributed by atoms with Gasteiger partial charge in [-0.05, 0) is 34.0 Å². The number of likely N-dealkylation sites (N-methyl/N-ethyl adjacent to an activating group) is 1. The predicted octanol–water partition coefficient (Wildman–Crippen LogP) is 4.80. The molecule has 23 heavy (non-hydrogen) atoms. The van der Waals surface area contributed by atoms with Gasteiger partial charge in [0.15, 0.2) is 0 Å². The molecular weight excluding hydrogens is 350 g/mol. The van der Waals surface area contributed by atoms with Gasteiger partial charge in [-0.2, -0.15) is 0 Å². The predicted molar refractivity (Wildman–Crippen MR) is 98.3 cm³/mol. The lowest BCUT2D eigenvalue weighted by molar-refractivity contribution is -0.129. The van der Waals surface area contributed by atoms with Gasteiger partial charge < -0.3 is 4.90 Å². The SMILES string of the molecule is CN(Cc1ccc(Br)cc1)C(=O)Cc1cccc2ccccc12. The number of amides is 1. The van der Waals surface area contributed by atoms with Crippen LogP contribution in [0, 0.1) is 0 Å². The smallest absolute Gasteiger partial charge is 0.227 e. The van der Waals surface area contributed by atoms with Crippen LogP contribution < -0.4 is 0 Å². The van der Waals surface area contributed by atoms with Crippen LogP contribution in [0.3, 0.4) is 0 Å². The number of hydrogen-bond donors (Lipinski definition) is 0. The van der Waals surface area contributed by atoms with Gasteiger partial charge in [0.1, 0.15) is 0 Å². The largest absolute Gasteiger partial charge is 0.341 e. The molecule has 3 rings (SSSR count). The molecule has 0 aliphatic heterocycles. The van der Waals surface area contributed by atoms with Crippen molar-refractivity contribution in [2.75, 3.05) is 7.05 Å². The summed E-state index contributed by atoms with van der Waals surface area (Å²) in [5.74, 6) is 0.129. The van der Waals surface area contributed by atoms with Crippen molar-refractivity contribution in [3.8, 4) is 0 Å². The summed E-state index contributed by atoms with van der Waals surface area (Å²) in [6.07, 6.45) is 0.425. The second-order valence-corrected chi connectivity index (χ2v) is 6.61. The fourth-order valence-corrected chi connectivity index (χ4v) is 2.96. The fraction of sp³-hybridized carbons (Fsp3) is 0.150. The van der Waals surface area contributed by atoms with Gasteiger partial charge >= 0.3 is 0 Å². The van der Waals surface area contributed by atoms with Crippen molar-refractivity contribution >= 4 is 32.6 Å². The monoisotopic (exact) mass is 367 g/mol. The molecule has 0 saturated heterocycles. The number of carbonyl (C=O) groups excluding carboxylic acids is 1. The molecule has 116 valence electrons. The highest BCUT2D eigenvalue weighted by Crippen LogP contribution is 2.20. The van der Waals surface area contributed by atoms with Crippen LogP contribution >= 0.6 is 15.9 Å². The van der Waals surface area contributed by atoms with Crippen molar-refractivity contribution < 1.29 is 4.79 Å². The number of fused-ring (bicyclic) bond motifs is 1. The minimum Gasteiger partial charge on any atom is -0.341 e. The number of hydrogen-bond acceptors (Lipinski definition) is 1. The topological polar surface area (TPSA) is 20.3 Å². The standard InChI is InChI=1S/C20H18BrNO/c1-22(14-15-9-11-18(21)12-10-15)20(23)13-17-7-4-6-16-5-2-3-8-19(16)17/h2-12H,13-14H2,1H3. The Morgan fingerprint density at radius 3 is 2.43 bits per heavy atom. The highest BCUT2D eigenvalue weighted by atomic mass is 79.9. The molecule has 0 unspecified atom stereocenters. The van der Waals surface area contributed by atoms with E-state index in [1.54, 1.807) is 4.90 Å². The average Bonchev–Trinajstić information content (AvgIpc) is 2.57. The van der Waals surface area contributed by atoms with Crippen LogP contribution in [0.1, 0.15) is 11.1 Å². The molecule has 0 bridgehead atoms. The maximum atomic E-state index is 12.5. The number of nitrogens with zero attached hydrogens (tertiary/aromatic N) is 1. The van der Waals surface area contributed by atoms with Crippen LogP contribution in [-0.2, 0) is 17.8 Å². The Morgan fingerprint density at radius 2 is 1.65 bits per heavy atom. The Hall–Kier alpha value is -2.13. The minimum atomic E-state index is 0.129. The summed E-state index contributed by atoms with van der Waals surface area (Å²) in [6.45, 7) is 0.622. The molecular formula is C20H18BrNO. The molecule has 0 heterocycles. The first kappa shape index (κ1) is 15.8. The quantitative estimate of drug-likeness (QED) is 0.648. The molecule has 0 spiro atoms. The summed E-state index contributed by atoms with van der Waals surface area (Å²) < 4.78 is 1.05. The Morgan fingerprint density at radius 1 is 0.957 bits per heavy atom. The second kappa shape index (κ2) is 6.97. The third kappa shape index (κ3) is 3.80. The first-order valence-electron chi connectivity index (χ1n) is 7.58. The van der Waals surface area contributed by atoms with E-state index >= 15 is 0 Å². The number of halogens is 1. The third-order valence-corrected chi connectivity index (χ3v) is 4.51. The van der Waals surface area contributed by atoms with Gasteiger partial charge in [0.05, 0.1) is 6.42 Å². The van der Waals surface area contributed by atoms with Gasteiger partial charge in [-0.3, -0.25) is 4.79 Å². The highest BCUT2D eigenvalue weighted by Gasteiger charge is 2.12. The summed E-state index contributed by atoms with van der Waals surface area (Å²) in [5.41, 5.74) is 2.21. The lowest BCUT2D eigenvalue weighted by Gasteiger charge is -2.18. The average molecular weight is 368 g/mol. The van der Waals surface area contributed by atoms with Crippen LogP contribution in [0.2, 0.25) is 0 Å². The summed E-state index contributed by atoms with van der Waals surface area (Å²) >= 11 is 3.43. The molecule has 0 aliphatic rings. The number of benzene rings is 3. The Bertz CT molecular complexity index is 821. The molecule has 3 aromatic rings. The van der Waals surface area contributed by atoms with Gasteiger partial charge in [0.25, 0.3) is 0 Å². The third-order valence-electron chi connectivity index (χ3n) is 3.98. The van der Waals surface area contributed by atoms with E-state index in [-0.39, 0.29) is 5.91 Å². The van der Waals surface area contributed by atoms with Crippen LogP contribution in [0.25, 0.3) is 10.8 Å². The fourth-order valence-electron chi connectivity index (χ4n) is 2.70. The van der Waals surface area contributed by atoms with Crippen LogP contribution in [-0.4, -0.2) is 17.9 Å². The maximum absolute atomic E-state index is 12.5. The van der Waals surface area contributed by atoms with Gasteiger partial charge in [0, 0.05) is 18.1 Å². The zero-order valence-corrected chi connectivity index (χ0v) is 14.6. The van der Waals surface area contributed by atoms with Crippen LogP contribution in [0.4, 0.5) is 0 Å². The van der Waals surface area contributed by atoms with E-state index in [1.165, 1.54) is 5.39 Å². The van der Waals surface area contributed by atoms with Crippen molar-refractivity contribution in [1.29, 1.82) is 0 Å². The zero-order chi connectivity index (χ0) is 16.2.